The van der Waals surface area contributed by atoms with Crippen molar-refractivity contribution in [2.24, 2.45) is 0 Å². The lowest BCUT2D eigenvalue weighted by atomic mass is 10.2. The van der Waals surface area contributed by atoms with E-state index in [1.54, 1.807) is 31.5 Å². The highest BCUT2D eigenvalue weighted by molar-refractivity contribution is 6.30. The van der Waals surface area contributed by atoms with Crippen LogP contribution in [0.3, 0.4) is 0 Å². The van der Waals surface area contributed by atoms with Gasteiger partial charge in [-0.15, -0.1) is 10.2 Å². The van der Waals surface area contributed by atoms with Crippen LogP contribution in [0.1, 0.15) is 16.8 Å². The predicted molar refractivity (Wildman–Crippen MR) is 102 cm³/mol. The third kappa shape index (κ3) is 3.52. The largest absolute Gasteiger partial charge is 0.481 e. The van der Waals surface area contributed by atoms with Crippen LogP contribution in [-0.2, 0) is 0 Å². The maximum absolute atomic E-state index is 12.8. The van der Waals surface area contributed by atoms with E-state index in [1.165, 1.54) is 0 Å². The van der Waals surface area contributed by atoms with Crippen LogP contribution >= 0.6 is 11.6 Å². The lowest BCUT2D eigenvalue weighted by molar-refractivity contribution is 0.0766. The number of rotatable bonds is 3. The molecule has 3 aromatic rings. The van der Waals surface area contributed by atoms with E-state index in [0.29, 0.717) is 36.1 Å². The SMILES string of the molecule is COc1ccc(C(=O)N2CCCN(c3nnc4ccc(Cl)cn34)CC2)cn1. The Morgan fingerprint density at radius 1 is 1.11 bits per heavy atom. The van der Waals surface area contributed by atoms with Gasteiger partial charge in [-0.2, -0.15) is 0 Å². The first-order valence-electron chi connectivity index (χ1n) is 8.70. The van der Waals surface area contributed by atoms with Crippen molar-refractivity contribution in [3.8, 4) is 5.88 Å². The van der Waals surface area contributed by atoms with Gasteiger partial charge in [-0.1, -0.05) is 11.6 Å². The average Bonchev–Trinajstić information content (AvgIpc) is 2.95. The Balaban J connectivity index is 1.49. The van der Waals surface area contributed by atoms with Crippen LogP contribution in [0.25, 0.3) is 5.65 Å². The van der Waals surface area contributed by atoms with Crippen molar-refractivity contribution in [1.29, 1.82) is 0 Å². The van der Waals surface area contributed by atoms with Crippen molar-refractivity contribution in [2.45, 2.75) is 6.42 Å². The quantitative estimate of drug-likeness (QED) is 0.686. The summed E-state index contributed by atoms with van der Waals surface area (Å²) in [4.78, 5) is 20.9. The Bertz CT molecular complexity index is 958. The number of anilines is 1. The van der Waals surface area contributed by atoms with Crippen LogP contribution in [-0.4, -0.2) is 63.7 Å². The molecular formula is C18H19ClN6O2. The zero-order chi connectivity index (χ0) is 18.8. The van der Waals surface area contributed by atoms with Gasteiger partial charge in [0.2, 0.25) is 11.8 Å². The monoisotopic (exact) mass is 386 g/mol. The first-order chi connectivity index (χ1) is 13.2. The number of nitrogens with zero attached hydrogens (tertiary/aromatic N) is 6. The molecule has 0 radical (unpaired) electrons. The first kappa shape index (κ1) is 17.5. The van der Waals surface area contributed by atoms with Gasteiger partial charge >= 0.3 is 0 Å². The van der Waals surface area contributed by atoms with E-state index in [1.807, 2.05) is 21.6 Å². The highest BCUT2D eigenvalue weighted by Gasteiger charge is 2.23. The molecule has 1 saturated heterocycles. The normalized spacial score (nSPS) is 15.0. The highest BCUT2D eigenvalue weighted by atomic mass is 35.5. The zero-order valence-electron chi connectivity index (χ0n) is 14.9. The molecule has 1 aliphatic heterocycles. The molecule has 4 heterocycles. The molecule has 0 N–H and O–H groups in total. The second-order valence-corrected chi connectivity index (χ2v) is 6.73. The van der Waals surface area contributed by atoms with E-state index in [0.717, 1.165) is 24.6 Å². The first-order valence-corrected chi connectivity index (χ1v) is 9.08. The standard InChI is InChI=1S/C18H19ClN6O2/c1-27-16-6-3-13(11-20-16)17(26)23-7-2-8-24(10-9-23)18-22-21-15-5-4-14(19)12-25(15)18/h3-6,11-12H,2,7-10H2,1H3. The molecule has 0 aromatic carbocycles. The lowest BCUT2D eigenvalue weighted by Crippen LogP contribution is -2.35. The van der Waals surface area contributed by atoms with Gasteiger partial charge in [0.25, 0.3) is 5.91 Å². The van der Waals surface area contributed by atoms with Gasteiger partial charge in [0, 0.05) is 44.6 Å². The molecule has 0 aliphatic carbocycles. The van der Waals surface area contributed by atoms with Gasteiger partial charge in [-0.05, 0) is 24.6 Å². The molecule has 1 aliphatic rings. The summed E-state index contributed by atoms with van der Waals surface area (Å²) < 4.78 is 6.93. The van der Waals surface area contributed by atoms with Gasteiger partial charge in [-0.3, -0.25) is 9.20 Å². The molecule has 9 heteroatoms. The number of fused-ring (bicyclic) bond motifs is 1. The van der Waals surface area contributed by atoms with Crippen molar-refractivity contribution < 1.29 is 9.53 Å². The number of methoxy groups -OCH3 is 1. The van der Waals surface area contributed by atoms with E-state index in [2.05, 4.69) is 20.1 Å². The molecule has 0 bridgehead atoms. The van der Waals surface area contributed by atoms with Crippen LogP contribution in [0.15, 0.2) is 36.7 Å². The molecule has 1 amide bonds. The van der Waals surface area contributed by atoms with Crippen LogP contribution in [0.5, 0.6) is 5.88 Å². The number of carbonyl (C=O) groups excluding carboxylic acids is 1. The summed E-state index contributed by atoms with van der Waals surface area (Å²) in [6.07, 6.45) is 4.20. The minimum atomic E-state index is -0.0267. The summed E-state index contributed by atoms with van der Waals surface area (Å²) in [6, 6.07) is 7.07. The summed E-state index contributed by atoms with van der Waals surface area (Å²) in [7, 11) is 1.55. The number of pyridine rings is 2. The van der Waals surface area contributed by atoms with Crippen molar-refractivity contribution in [3.63, 3.8) is 0 Å². The Kier molecular flexibility index (Phi) is 4.81. The summed E-state index contributed by atoms with van der Waals surface area (Å²) in [6.45, 7) is 2.74. The molecule has 3 aromatic heterocycles. The fraction of sp³-hybridized carbons (Fsp3) is 0.333. The summed E-state index contributed by atoms with van der Waals surface area (Å²) >= 11 is 6.11. The van der Waals surface area contributed by atoms with Crippen molar-refractivity contribution >= 4 is 29.1 Å². The van der Waals surface area contributed by atoms with E-state index in [-0.39, 0.29) is 5.91 Å². The third-order valence-electron chi connectivity index (χ3n) is 4.61. The number of aromatic nitrogens is 4. The average molecular weight is 387 g/mol. The number of hydrogen-bond donors (Lipinski definition) is 0. The van der Waals surface area contributed by atoms with Gasteiger partial charge in [0.05, 0.1) is 17.7 Å². The second kappa shape index (κ2) is 7.40. The Labute approximate surface area is 161 Å². The zero-order valence-corrected chi connectivity index (χ0v) is 15.6. The van der Waals surface area contributed by atoms with E-state index >= 15 is 0 Å². The molecule has 4 rings (SSSR count). The third-order valence-corrected chi connectivity index (χ3v) is 4.83. The lowest BCUT2D eigenvalue weighted by Gasteiger charge is -2.22. The summed E-state index contributed by atoms with van der Waals surface area (Å²) in [5, 5.41) is 9.12. The van der Waals surface area contributed by atoms with E-state index < -0.39 is 0 Å². The predicted octanol–water partition coefficient (Wildman–Crippen LogP) is 2.14. The Morgan fingerprint density at radius 2 is 2.00 bits per heavy atom. The van der Waals surface area contributed by atoms with Crippen molar-refractivity contribution in [2.75, 3.05) is 38.2 Å². The molecule has 0 spiro atoms. The maximum Gasteiger partial charge on any atom is 0.255 e. The van der Waals surface area contributed by atoms with E-state index in [9.17, 15) is 4.79 Å². The molecule has 0 saturated carbocycles. The summed E-state index contributed by atoms with van der Waals surface area (Å²) in [5.41, 5.74) is 1.31. The number of hydrogen-bond acceptors (Lipinski definition) is 6. The Hall–Kier alpha value is -2.87. The van der Waals surface area contributed by atoms with Crippen LogP contribution in [0.2, 0.25) is 5.02 Å². The number of ether oxygens (including phenoxy) is 1. The van der Waals surface area contributed by atoms with Crippen molar-refractivity contribution in [1.82, 2.24) is 24.5 Å². The molecule has 8 nitrogen and oxygen atoms in total. The highest BCUT2D eigenvalue weighted by Crippen LogP contribution is 2.19. The fourth-order valence-corrected chi connectivity index (χ4v) is 3.36. The van der Waals surface area contributed by atoms with Crippen molar-refractivity contribution in [3.05, 3.63) is 47.2 Å². The second-order valence-electron chi connectivity index (χ2n) is 6.30. The summed E-state index contributed by atoms with van der Waals surface area (Å²) in [5.74, 6) is 1.21. The molecule has 1 fully saturated rings. The minimum absolute atomic E-state index is 0.0267. The van der Waals surface area contributed by atoms with Crippen LogP contribution < -0.4 is 9.64 Å². The van der Waals surface area contributed by atoms with Gasteiger partial charge in [0.15, 0.2) is 5.65 Å². The fourth-order valence-electron chi connectivity index (χ4n) is 3.20. The number of halogens is 1. The van der Waals surface area contributed by atoms with Crippen LogP contribution in [0.4, 0.5) is 5.95 Å². The Morgan fingerprint density at radius 3 is 2.78 bits per heavy atom. The molecular weight excluding hydrogens is 368 g/mol. The minimum Gasteiger partial charge on any atom is -0.481 e. The molecule has 27 heavy (non-hydrogen) atoms. The van der Waals surface area contributed by atoms with E-state index in [4.69, 9.17) is 16.3 Å². The van der Waals surface area contributed by atoms with Crippen LogP contribution in [0, 0.1) is 0 Å². The molecule has 140 valence electrons. The van der Waals surface area contributed by atoms with Gasteiger partial charge in [-0.25, -0.2) is 4.98 Å². The van der Waals surface area contributed by atoms with Gasteiger partial charge < -0.3 is 14.5 Å². The smallest absolute Gasteiger partial charge is 0.255 e. The topological polar surface area (TPSA) is 75.9 Å². The van der Waals surface area contributed by atoms with Gasteiger partial charge in [0.1, 0.15) is 0 Å². The molecule has 0 atom stereocenters. The number of amides is 1. The maximum atomic E-state index is 12.8. The molecule has 0 unspecified atom stereocenters. The number of carbonyl (C=O) groups is 1.